The van der Waals surface area contributed by atoms with Gasteiger partial charge >= 0.3 is 5.97 Å². The molecular formula is C16H14N2O2S. The lowest BCUT2D eigenvalue weighted by atomic mass is 10.2. The first-order valence-electron chi connectivity index (χ1n) is 6.28. The topological polar surface area (TPSA) is 64.3 Å². The Morgan fingerprint density at radius 2 is 2.14 bits per heavy atom. The zero-order valence-electron chi connectivity index (χ0n) is 11.5. The van der Waals surface area contributed by atoms with Crippen LogP contribution in [0.4, 0.5) is 5.69 Å². The molecule has 0 aliphatic rings. The van der Waals surface area contributed by atoms with Gasteiger partial charge in [-0.25, -0.2) is 4.79 Å². The van der Waals surface area contributed by atoms with E-state index in [0.29, 0.717) is 5.56 Å². The molecule has 2 rings (SSSR count). The van der Waals surface area contributed by atoms with Gasteiger partial charge in [0.2, 0.25) is 0 Å². The highest BCUT2D eigenvalue weighted by atomic mass is 32.1. The molecule has 1 aromatic carbocycles. The van der Waals surface area contributed by atoms with E-state index in [2.05, 4.69) is 11.0 Å². The molecule has 0 saturated heterocycles. The molecule has 0 aliphatic carbocycles. The SMILES string of the molecule is CN(Cc1cc(C=CC(=O)O)cs1)c1ccc(C#N)cc1. The molecule has 0 fully saturated rings. The third kappa shape index (κ3) is 4.20. The zero-order chi connectivity index (χ0) is 15.2. The second kappa shape index (κ2) is 6.73. The van der Waals surface area contributed by atoms with E-state index in [1.165, 1.54) is 0 Å². The van der Waals surface area contributed by atoms with Gasteiger partial charge in [0.15, 0.2) is 0 Å². The molecule has 106 valence electrons. The summed E-state index contributed by atoms with van der Waals surface area (Å²) < 4.78 is 0. The molecule has 4 nitrogen and oxygen atoms in total. The molecule has 0 unspecified atom stereocenters. The number of thiophene rings is 1. The van der Waals surface area contributed by atoms with E-state index < -0.39 is 5.97 Å². The number of aliphatic carboxylic acids is 1. The van der Waals surface area contributed by atoms with E-state index in [-0.39, 0.29) is 0 Å². The molecule has 0 spiro atoms. The van der Waals surface area contributed by atoms with Crippen LogP contribution in [-0.4, -0.2) is 18.1 Å². The van der Waals surface area contributed by atoms with Crippen molar-refractivity contribution in [2.75, 3.05) is 11.9 Å². The van der Waals surface area contributed by atoms with Crippen LogP contribution in [0.5, 0.6) is 0 Å². The molecule has 2 aromatic rings. The average molecular weight is 298 g/mol. The largest absolute Gasteiger partial charge is 0.478 e. The number of rotatable bonds is 5. The van der Waals surface area contributed by atoms with Crippen molar-refractivity contribution in [2.45, 2.75) is 6.54 Å². The fraction of sp³-hybridized carbons (Fsp3) is 0.125. The van der Waals surface area contributed by atoms with Crippen LogP contribution in [-0.2, 0) is 11.3 Å². The van der Waals surface area contributed by atoms with Gasteiger partial charge in [0.1, 0.15) is 0 Å². The van der Waals surface area contributed by atoms with Crippen molar-refractivity contribution in [3.8, 4) is 6.07 Å². The normalized spacial score (nSPS) is 10.5. The summed E-state index contributed by atoms with van der Waals surface area (Å²) in [4.78, 5) is 13.7. The van der Waals surface area contributed by atoms with Crippen molar-refractivity contribution in [1.29, 1.82) is 5.26 Å². The Morgan fingerprint density at radius 3 is 2.76 bits per heavy atom. The zero-order valence-corrected chi connectivity index (χ0v) is 12.3. The summed E-state index contributed by atoms with van der Waals surface area (Å²) in [7, 11) is 1.98. The molecule has 0 saturated carbocycles. The van der Waals surface area contributed by atoms with Crippen LogP contribution >= 0.6 is 11.3 Å². The Bertz CT molecular complexity index is 696. The third-order valence-electron chi connectivity index (χ3n) is 2.92. The number of anilines is 1. The van der Waals surface area contributed by atoms with Gasteiger partial charge in [-0.2, -0.15) is 5.26 Å². The molecule has 1 aromatic heterocycles. The molecule has 1 heterocycles. The monoisotopic (exact) mass is 298 g/mol. The smallest absolute Gasteiger partial charge is 0.328 e. The summed E-state index contributed by atoms with van der Waals surface area (Å²) in [6.45, 7) is 0.734. The van der Waals surface area contributed by atoms with Crippen molar-refractivity contribution >= 4 is 29.1 Å². The lowest BCUT2D eigenvalue weighted by Crippen LogP contribution is -2.15. The first-order chi connectivity index (χ1) is 10.1. The maximum Gasteiger partial charge on any atom is 0.328 e. The van der Waals surface area contributed by atoms with Crippen LogP contribution in [0.2, 0.25) is 0 Å². The van der Waals surface area contributed by atoms with Crippen LogP contribution in [0.25, 0.3) is 6.08 Å². The molecule has 1 N–H and O–H groups in total. The number of benzene rings is 1. The Kier molecular flexibility index (Phi) is 4.75. The number of hydrogen-bond acceptors (Lipinski definition) is 4. The van der Waals surface area contributed by atoms with Gasteiger partial charge in [0, 0.05) is 23.7 Å². The van der Waals surface area contributed by atoms with Gasteiger partial charge in [-0.3, -0.25) is 0 Å². The standard InChI is InChI=1S/C16H14N2O2S/c1-18(14-5-2-12(9-17)3-6-14)10-15-8-13(11-21-15)4-7-16(19)20/h2-8,11H,10H2,1H3,(H,19,20). The average Bonchev–Trinajstić information content (AvgIpc) is 2.92. The van der Waals surface area contributed by atoms with Crippen LogP contribution in [0.1, 0.15) is 16.0 Å². The first kappa shape index (κ1) is 14.8. The highest BCUT2D eigenvalue weighted by molar-refractivity contribution is 7.10. The second-order valence-electron chi connectivity index (χ2n) is 4.53. The van der Waals surface area contributed by atoms with E-state index >= 15 is 0 Å². The van der Waals surface area contributed by atoms with E-state index in [4.69, 9.17) is 10.4 Å². The molecule has 0 atom stereocenters. The molecule has 0 amide bonds. The summed E-state index contributed by atoms with van der Waals surface area (Å²) in [5.74, 6) is -0.947. The number of carbonyl (C=O) groups is 1. The van der Waals surface area contributed by atoms with E-state index in [9.17, 15) is 4.79 Å². The molecule has 0 aliphatic heterocycles. The summed E-state index contributed by atoms with van der Waals surface area (Å²) in [6.07, 6.45) is 2.72. The summed E-state index contributed by atoms with van der Waals surface area (Å²) >= 11 is 1.59. The predicted octanol–water partition coefficient (Wildman–Crippen LogP) is 3.35. The fourth-order valence-electron chi connectivity index (χ4n) is 1.85. The molecule has 0 radical (unpaired) electrons. The molecule has 0 bridgehead atoms. The number of hydrogen-bond donors (Lipinski definition) is 1. The Balaban J connectivity index is 2.03. The van der Waals surface area contributed by atoms with Crippen LogP contribution in [0, 0.1) is 11.3 Å². The quantitative estimate of drug-likeness (QED) is 0.860. The molecular weight excluding hydrogens is 284 g/mol. The predicted molar refractivity (Wildman–Crippen MR) is 84.3 cm³/mol. The van der Waals surface area contributed by atoms with Gasteiger partial charge in [0.05, 0.1) is 18.2 Å². The summed E-state index contributed by atoms with van der Waals surface area (Å²) in [6, 6.07) is 11.5. The van der Waals surface area contributed by atoms with Crippen LogP contribution < -0.4 is 4.90 Å². The number of nitriles is 1. The van der Waals surface area contributed by atoms with Crippen molar-refractivity contribution in [3.63, 3.8) is 0 Å². The summed E-state index contributed by atoms with van der Waals surface area (Å²) in [5, 5.41) is 19.3. The lowest BCUT2D eigenvalue weighted by Gasteiger charge is -2.18. The van der Waals surface area contributed by atoms with Crippen molar-refractivity contribution in [3.05, 3.63) is 57.8 Å². The van der Waals surface area contributed by atoms with Gasteiger partial charge in [-0.15, -0.1) is 11.3 Å². The number of carboxylic acid groups (broad SMARTS) is 1. The van der Waals surface area contributed by atoms with Crippen LogP contribution in [0.3, 0.4) is 0 Å². The van der Waals surface area contributed by atoms with Crippen molar-refractivity contribution in [2.24, 2.45) is 0 Å². The second-order valence-corrected chi connectivity index (χ2v) is 5.53. The van der Waals surface area contributed by atoms with Gasteiger partial charge in [-0.05, 0) is 47.4 Å². The Hall–Kier alpha value is -2.58. The third-order valence-corrected chi connectivity index (χ3v) is 3.86. The summed E-state index contributed by atoms with van der Waals surface area (Å²) in [5.41, 5.74) is 2.57. The van der Waals surface area contributed by atoms with E-state index in [1.54, 1.807) is 29.5 Å². The maximum atomic E-state index is 10.5. The highest BCUT2D eigenvalue weighted by Crippen LogP contribution is 2.21. The minimum atomic E-state index is -0.947. The van der Waals surface area contributed by atoms with Crippen LogP contribution in [0.15, 0.2) is 41.8 Å². The highest BCUT2D eigenvalue weighted by Gasteiger charge is 2.04. The van der Waals surface area contributed by atoms with Gasteiger partial charge in [-0.1, -0.05) is 0 Å². The maximum absolute atomic E-state index is 10.5. The minimum absolute atomic E-state index is 0.643. The van der Waals surface area contributed by atoms with E-state index in [0.717, 1.165) is 28.7 Å². The van der Waals surface area contributed by atoms with Crippen molar-refractivity contribution < 1.29 is 9.90 Å². The van der Waals surface area contributed by atoms with Gasteiger partial charge in [0.25, 0.3) is 0 Å². The molecule has 5 heteroatoms. The van der Waals surface area contributed by atoms with E-state index in [1.807, 2.05) is 30.6 Å². The minimum Gasteiger partial charge on any atom is -0.478 e. The van der Waals surface area contributed by atoms with Gasteiger partial charge < -0.3 is 10.0 Å². The number of carboxylic acids is 1. The number of nitrogens with zero attached hydrogens (tertiary/aromatic N) is 2. The fourth-order valence-corrected chi connectivity index (χ4v) is 2.76. The van der Waals surface area contributed by atoms with Crippen molar-refractivity contribution in [1.82, 2.24) is 0 Å². The Morgan fingerprint density at radius 1 is 1.43 bits per heavy atom. The lowest BCUT2D eigenvalue weighted by molar-refractivity contribution is -0.131. The molecule has 21 heavy (non-hydrogen) atoms. The first-order valence-corrected chi connectivity index (χ1v) is 7.16. The Labute approximate surface area is 127 Å².